The minimum Gasteiger partial charge on any atom is -0.491 e. The number of ether oxygens (including phenoxy) is 2. The van der Waals surface area contributed by atoms with E-state index in [0.29, 0.717) is 28.6 Å². The summed E-state index contributed by atoms with van der Waals surface area (Å²) in [5.74, 6) is -0.185. The molecular formula is C26H23ClFN3O3. The quantitative estimate of drug-likeness (QED) is 0.348. The zero-order chi connectivity index (χ0) is 23.9. The molecule has 4 aromatic rings. The highest BCUT2D eigenvalue weighted by atomic mass is 35.5. The van der Waals surface area contributed by atoms with E-state index in [0.717, 1.165) is 11.3 Å². The Hall–Kier alpha value is -3.84. The average molecular weight is 480 g/mol. The number of rotatable bonds is 9. The second-order valence-corrected chi connectivity index (χ2v) is 7.76. The second kappa shape index (κ2) is 10.9. The summed E-state index contributed by atoms with van der Waals surface area (Å²) < 4.78 is 27.0. The van der Waals surface area contributed by atoms with E-state index in [9.17, 15) is 9.18 Å². The van der Waals surface area contributed by atoms with Crippen molar-refractivity contribution in [3.05, 3.63) is 95.4 Å². The second-order valence-electron chi connectivity index (χ2n) is 7.36. The molecule has 34 heavy (non-hydrogen) atoms. The summed E-state index contributed by atoms with van der Waals surface area (Å²) in [4.78, 5) is 12.4. The number of carbonyl (C=O) groups excluding carboxylic acids is 1. The van der Waals surface area contributed by atoms with Crippen molar-refractivity contribution >= 4 is 17.5 Å². The van der Waals surface area contributed by atoms with Gasteiger partial charge in [-0.2, -0.15) is 5.10 Å². The Bertz CT molecular complexity index is 1280. The Morgan fingerprint density at radius 1 is 1.03 bits per heavy atom. The smallest absolute Gasteiger partial charge is 0.258 e. The van der Waals surface area contributed by atoms with E-state index in [-0.39, 0.29) is 24.8 Å². The highest BCUT2D eigenvalue weighted by Crippen LogP contribution is 2.28. The third-order valence-corrected chi connectivity index (χ3v) is 5.30. The van der Waals surface area contributed by atoms with E-state index in [4.69, 9.17) is 21.1 Å². The van der Waals surface area contributed by atoms with Crippen LogP contribution in [0.5, 0.6) is 11.5 Å². The van der Waals surface area contributed by atoms with E-state index in [1.807, 2.05) is 36.5 Å². The fourth-order valence-electron chi connectivity index (χ4n) is 3.37. The number of amides is 1. The van der Waals surface area contributed by atoms with E-state index in [2.05, 4.69) is 10.4 Å². The van der Waals surface area contributed by atoms with Crippen molar-refractivity contribution in [3.8, 4) is 28.4 Å². The predicted octanol–water partition coefficient (Wildman–Crippen LogP) is 5.43. The first-order valence-electron chi connectivity index (χ1n) is 10.8. The van der Waals surface area contributed by atoms with Gasteiger partial charge in [-0.1, -0.05) is 41.9 Å². The molecule has 0 spiro atoms. The summed E-state index contributed by atoms with van der Waals surface area (Å²) in [6, 6.07) is 21.2. The summed E-state index contributed by atoms with van der Waals surface area (Å²) in [6.07, 6.45) is 1.81. The van der Waals surface area contributed by atoms with Crippen LogP contribution in [-0.4, -0.2) is 28.9 Å². The number of benzene rings is 3. The number of hydrogen-bond acceptors (Lipinski definition) is 4. The SMILES string of the molecule is CCOc1ccc(-c2nn(-c3ccccc3)cc2CNC(=O)COc2ccccc2Cl)cc1F. The number of para-hydroxylation sites is 2. The summed E-state index contributed by atoms with van der Waals surface area (Å²) in [5.41, 5.74) is 2.69. The number of nitrogens with zero attached hydrogens (tertiary/aromatic N) is 2. The largest absolute Gasteiger partial charge is 0.491 e. The van der Waals surface area contributed by atoms with E-state index >= 15 is 0 Å². The van der Waals surface area contributed by atoms with Crippen molar-refractivity contribution in [1.29, 1.82) is 0 Å². The fourth-order valence-corrected chi connectivity index (χ4v) is 3.56. The molecule has 0 saturated carbocycles. The molecule has 0 saturated heterocycles. The zero-order valence-corrected chi connectivity index (χ0v) is 19.3. The normalized spacial score (nSPS) is 10.7. The molecule has 0 atom stereocenters. The highest BCUT2D eigenvalue weighted by Gasteiger charge is 2.16. The molecule has 0 aliphatic carbocycles. The summed E-state index contributed by atoms with van der Waals surface area (Å²) in [7, 11) is 0. The van der Waals surface area contributed by atoms with Gasteiger partial charge in [-0.25, -0.2) is 9.07 Å². The van der Waals surface area contributed by atoms with Crippen molar-refractivity contribution in [2.45, 2.75) is 13.5 Å². The first-order valence-corrected chi connectivity index (χ1v) is 11.1. The van der Waals surface area contributed by atoms with Crippen LogP contribution in [0.2, 0.25) is 5.02 Å². The molecule has 0 fully saturated rings. The lowest BCUT2D eigenvalue weighted by Gasteiger charge is -2.09. The molecule has 6 nitrogen and oxygen atoms in total. The van der Waals surface area contributed by atoms with Crippen LogP contribution < -0.4 is 14.8 Å². The van der Waals surface area contributed by atoms with Crippen LogP contribution in [0.4, 0.5) is 4.39 Å². The maximum absolute atomic E-state index is 14.5. The Morgan fingerprint density at radius 2 is 1.79 bits per heavy atom. The minimum atomic E-state index is -0.475. The average Bonchev–Trinajstić information content (AvgIpc) is 3.28. The summed E-state index contributed by atoms with van der Waals surface area (Å²) in [5, 5.41) is 7.92. The number of hydrogen-bond donors (Lipinski definition) is 1. The molecule has 3 aromatic carbocycles. The number of carbonyl (C=O) groups is 1. The van der Waals surface area contributed by atoms with Gasteiger partial charge in [0.25, 0.3) is 5.91 Å². The molecule has 1 amide bonds. The van der Waals surface area contributed by atoms with E-state index < -0.39 is 5.82 Å². The standard InChI is InChI=1S/C26H23ClFN3O3/c1-2-33-24-13-12-18(14-22(24)28)26-19(16-31(30-26)20-8-4-3-5-9-20)15-29-25(32)17-34-23-11-7-6-10-21(23)27/h3-14,16H,2,15,17H2,1H3,(H,29,32). The molecule has 0 unspecified atom stereocenters. The van der Waals surface area contributed by atoms with Crippen molar-refractivity contribution < 1.29 is 18.7 Å². The van der Waals surface area contributed by atoms with Gasteiger partial charge in [0, 0.05) is 23.9 Å². The van der Waals surface area contributed by atoms with Gasteiger partial charge >= 0.3 is 0 Å². The zero-order valence-electron chi connectivity index (χ0n) is 18.5. The van der Waals surface area contributed by atoms with Crippen molar-refractivity contribution in [3.63, 3.8) is 0 Å². The minimum absolute atomic E-state index is 0.181. The topological polar surface area (TPSA) is 65.4 Å². The van der Waals surface area contributed by atoms with Crippen LogP contribution >= 0.6 is 11.6 Å². The van der Waals surface area contributed by atoms with Crippen LogP contribution in [0.1, 0.15) is 12.5 Å². The van der Waals surface area contributed by atoms with E-state index in [1.54, 1.807) is 48.0 Å². The van der Waals surface area contributed by atoms with Crippen LogP contribution in [-0.2, 0) is 11.3 Å². The molecule has 8 heteroatoms. The van der Waals surface area contributed by atoms with Gasteiger partial charge in [-0.05, 0) is 49.4 Å². The Labute approximate surface area is 201 Å². The molecular weight excluding hydrogens is 457 g/mol. The summed E-state index contributed by atoms with van der Waals surface area (Å²) in [6.45, 7) is 2.16. The molecule has 0 radical (unpaired) electrons. The number of nitrogens with one attached hydrogen (secondary N) is 1. The molecule has 1 N–H and O–H groups in total. The third-order valence-electron chi connectivity index (χ3n) is 4.99. The molecule has 1 aromatic heterocycles. The van der Waals surface area contributed by atoms with Crippen LogP contribution in [0, 0.1) is 5.82 Å². The van der Waals surface area contributed by atoms with Gasteiger partial charge in [-0.3, -0.25) is 4.79 Å². The Kier molecular flexibility index (Phi) is 7.44. The lowest BCUT2D eigenvalue weighted by atomic mass is 10.1. The Morgan fingerprint density at radius 3 is 2.53 bits per heavy atom. The monoisotopic (exact) mass is 479 g/mol. The predicted molar refractivity (Wildman–Crippen MR) is 129 cm³/mol. The van der Waals surface area contributed by atoms with Crippen LogP contribution in [0.15, 0.2) is 79.0 Å². The molecule has 174 valence electrons. The molecule has 0 bridgehead atoms. The van der Waals surface area contributed by atoms with Gasteiger partial charge < -0.3 is 14.8 Å². The molecule has 1 heterocycles. The summed E-state index contributed by atoms with van der Waals surface area (Å²) >= 11 is 6.07. The lowest BCUT2D eigenvalue weighted by Crippen LogP contribution is -2.28. The molecule has 0 aliphatic heterocycles. The Balaban J connectivity index is 1.54. The van der Waals surface area contributed by atoms with Gasteiger partial charge in [0.1, 0.15) is 5.75 Å². The van der Waals surface area contributed by atoms with Crippen LogP contribution in [0.3, 0.4) is 0 Å². The van der Waals surface area contributed by atoms with Crippen molar-refractivity contribution in [2.24, 2.45) is 0 Å². The van der Waals surface area contributed by atoms with Gasteiger partial charge in [0.2, 0.25) is 0 Å². The first-order chi connectivity index (χ1) is 16.5. The van der Waals surface area contributed by atoms with Crippen LogP contribution in [0.25, 0.3) is 16.9 Å². The van der Waals surface area contributed by atoms with Gasteiger partial charge in [-0.15, -0.1) is 0 Å². The van der Waals surface area contributed by atoms with Gasteiger partial charge in [0.15, 0.2) is 18.2 Å². The van der Waals surface area contributed by atoms with Gasteiger partial charge in [0.05, 0.1) is 23.0 Å². The third kappa shape index (κ3) is 5.55. The molecule has 4 rings (SSSR count). The van der Waals surface area contributed by atoms with E-state index in [1.165, 1.54) is 6.07 Å². The van der Waals surface area contributed by atoms with Crippen molar-refractivity contribution in [1.82, 2.24) is 15.1 Å². The maximum atomic E-state index is 14.5. The highest BCUT2D eigenvalue weighted by molar-refractivity contribution is 6.32. The fraction of sp³-hybridized carbons (Fsp3) is 0.154. The molecule has 0 aliphatic rings. The lowest BCUT2D eigenvalue weighted by molar-refractivity contribution is -0.123. The number of halogens is 2. The first kappa shape index (κ1) is 23.3. The number of aromatic nitrogens is 2. The van der Waals surface area contributed by atoms with Crippen molar-refractivity contribution in [2.75, 3.05) is 13.2 Å². The maximum Gasteiger partial charge on any atom is 0.258 e.